The summed E-state index contributed by atoms with van der Waals surface area (Å²) in [7, 11) is 0. The fourth-order valence-electron chi connectivity index (χ4n) is 1.90. The van der Waals surface area contributed by atoms with Crippen molar-refractivity contribution in [2.24, 2.45) is 0 Å². The van der Waals surface area contributed by atoms with E-state index in [0.29, 0.717) is 6.61 Å². The van der Waals surface area contributed by atoms with E-state index in [1.807, 2.05) is 25.1 Å². The van der Waals surface area contributed by atoms with Crippen LogP contribution in [0.3, 0.4) is 0 Å². The first-order valence-electron chi connectivity index (χ1n) is 6.63. The zero-order valence-corrected chi connectivity index (χ0v) is 11.6. The fourth-order valence-corrected chi connectivity index (χ4v) is 1.90. The maximum atomic E-state index is 10.9. The molecule has 0 radical (unpaired) electrons. The maximum absolute atomic E-state index is 10.9. The second kappa shape index (κ2) is 6.23. The van der Waals surface area contributed by atoms with E-state index in [1.54, 1.807) is 19.2 Å². The summed E-state index contributed by atoms with van der Waals surface area (Å²) in [5.41, 5.74) is 1.48. The number of carboxylic acid groups (broad SMARTS) is 1. The highest BCUT2D eigenvalue weighted by Gasteiger charge is 2.13. The van der Waals surface area contributed by atoms with Crippen molar-refractivity contribution < 1.29 is 14.6 Å². The van der Waals surface area contributed by atoms with E-state index >= 15 is 0 Å². The van der Waals surface area contributed by atoms with Crippen molar-refractivity contribution in [3.8, 4) is 5.75 Å². The monoisotopic (exact) mass is 274 g/mol. The molecule has 1 aromatic carbocycles. The van der Waals surface area contributed by atoms with Crippen molar-refractivity contribution >= 4 is 22.6 Å². The summed E-state index contributed by atoms with van der Waals surface area (Å²) < 4.78 is 5.67. The van der Waals surface area contributed by atoms with Crippen molar-refractivity contribution in [2.45, 2.75) is 26.3 Å². The molecule has 20 heavy (non-hydrogen) atoms. The summed E-state index contributed by atoms with van der Waals surface area (Å²) in [5.74, 6) is -0.177. The van der Waals surface area contributed by atoms with Gasteiger partial charge in [0.15, 0.2) is 0 Å². The van der Waals surface area contributed by atoms with Crippen LogP contribution in [-0.2, 0) is 4.79 Å². The molecule has 1 aromatic heterocycles. The second-order valence-corrected chi connectivity index (χ2v) is 4.56. The Balaban J connectivity index is 2.39. The number of hydrogen-bond donors (Lipinski definition) is 2. The number of benzene rings is 1. The third kappa shape index (κ3) is 2.99. The van der Waals surface area contributed by atoms with Gasteiger partial charge in [0.1, 0.15) is 17.3 Å². The van der Waals surface area contributed by atoms with Gasteiger partial charge in [-0.1, -0.05) is 19.1 Å². The summed E-state index contributed by atoms with van der Waals surface area (Å²) in [6.45, 7) is 4.27. The Bertz CT molecular complexity index is 613. The molecule has 1 atom stereocenters. The SMILES string of the molecule is CCCOc1cccc2c(N[C@H](C)C(=O)O)ccnc12. The summed E-state index contributed by atoms with van der Waals surface area (Å²) in [4.78, 5) is 15.3. The summed E-state index contributed by atoms with van der Waals surface area (Å²) in [5, 5.41) is 12.8. The van der Waals surface area contributed by atoms with Crippen molar-refractivity contribution in [1.82, 2.24) is 4.98 Å². The van der Waals surface area contributed by atoms with E-state index < -0.39 is 12.0 Å². The van der Waals surface area contributed by atoms with Crippen LogP contribution in [0.5, 0.6) is 5.75 Å². The van der Waals surface area contributed by atoms with Crippen LogP contribution in [0, 0.1) is 0 Å². The van der Waals surface area contributed by atoms with Gasteiger partial charge >= 0.3 is 5.97 Å². The van der Waals surface area contributed by atoms with Crippen LogP contribution < -0.4 is 10.1 Å². The first-order chi connectivity index (χ1) is 9.63. The lowest BCUT2D eigenvalue weighted by Crippen LogP contribution is -2.25. The quantitative estimate of drug-likeness (QED) is 0.847. The van der Waals surface area contributed by atoms with E-state index in [4.69, 9.17) is 9.84 Å². The molecule has 0 saturated heterocycles. The molecule has 0 amide bonds. The number of aromatic nitrogens is 1. The van der Waals surface area contributed by atoms with Gasteiger partial charge in [-0.25, -0.2) is 0 Å². The summed E-state index contributed by atoms with van der Waals surface area (Å²) >= 11 is 0. The van der Waals surface area contributed by atoms with E-state index in [0.717, 1.165) is 28.8 Å². The maximum Gasteiger partial charge on any atom is 0.325 e. The topological polar surface area (TPSA) is 71.5 Å². The molecular weight excluding hydrogens is 256 g/mol. The number of para-hydroxylation sites is 1. The molecule has 0 unspecified atom stereocenters. The number of hydrogen-bond acceptors (Lipinski definition) is 4. The standard InChI is InChI=1S/C15H18N2O3/c1-3-9-20-13-6-4-5-11-12(7-8-16-14(11)13)17-10(2)15(18)19/h4-8,10H,3,9H2,1-2H3,(H,16,17)(H,18,19)/t10-/m1/s1. The second-order valence-electron chi connectivity index (χ2n) is 4.56. The zero-order valence-electron chi connectivity index (χ0n) is 11.6. The summed E-state index contributed by atoms with van der Waals surface area (Å²) in [6.07, 6.45) is 2.57. The number of rotatable bonds is 6. The number of aliphatic carboxylic acids is 1. The van der Waals surface area contributed by atoms with Crippen LogP contribution in [0.4, 0.5) is 5.69 Å². The molecule has 0 bridgehead atoms. The molecule has 2 rings (SSSR count). The minimum absolute atomic E-state index is 0.629. The molecule has 2 N–H and O–H groups in total. The number of anilines is 1. The number of pyridine rings is 1. The van der Waals surface area contributed by atoms with Gasteiger partial charge in [0.05, 0.1) is 6.61 Å². The van der Waals surface area contributed by atoms with Crippen molar-refractivity contribution in [3.63, 3.8) is 0 Å². The van der Waals surface area contributed by atoms with Crippen LogP contribution in [-0.4, -0.2) is 28.7 Å². The minimum Gasteiger partial charge on any atom is -0.491 e. The number of carbonyl (C=O) groups is 1. The fraction of sp³-hybridized carbons (Fsp3) is 0.333. The highest BCUT2D eigenvalue weighted by molar-refractivity contribution is 5.95. The predicted molar refractivity (Wildman–Crippen MR) is 78.2 cm³/mol. The Hall–Kier alpha value is -2.30. The third-order valence-corrected chi connectivity index (χ3v) is 2.94. The van der Waals surface area contributed by atoms with Crippen LogP contribution in [0.25, 0.3) is 10.9 Å². The lowest BCUT2D eigenvalue weighted by atomic mass is 10.1. The van der Waals surface area contributed by atoms with Gasteiger partial charge in [0, 0.05) is 17.3 Å². The van der Waals surface area contributed by atoms with Crippen molar-refractivity contribution in [2.75, 3.05) is 11.9 Å². The average Bonchev–Trinajstić information content (AvgIpc) is 2.45. The minimum atomic E-state index is -0.895. The van der Waals surface area contributed by atoms with Crippen molar-refractivity contribution in [1.29, 1.82) is 0 Å². The third-order valence-electron chi connectivity index (χ3n) is 2.94. The van der Waals surface area contributed by atoms with E-state index in [9.17, 15) is 4.79 Å². The molecule has 5 nitrogen and oxygen atoms in total. The Kier molecular flexibility index (Phi) is 4.40. The highest BCUT2D eigenvalue weighted by Crippen LogP contribution is 2.29. The Morgan fingerprint density at radius 2 is 2.25 bits per heavy atom. The molecule has 1 heterocycles. The first-order valence-corrected chi connectivity index (χ1v) is 6.63. The van der Waals surface area contributed by atoms with Gasteiger partial charge in [0.2, 0.25) is 0 Å². The lowest BCUT2D eigenvalue weighted by molar-refractivity contribution is -0.137. The van der Waals surface area contributed by atoms with Gasteiger partial charge < -0.3 is 15.2 Å². The van der Waals surface area contributed by atoms with Crippen LogP contribution in [0.1, 0.15) is 20.3 Å². The Morgan fingerprint density at radius 3 is 2.95 bits per heavy atom. The molecule has 2 aromatic rings. The lowest BCUT2D eigenvalue weighted by Gasteiger charge is -2.14. The van der Waals surface area contributed by atoms with Crippen LogP contribution in [0.15, 0.2) is 30.5 Å². The molecule has 0 fully saturated rings. The number of nitrogens with zero attached hydrogens (tertiary/aromatic N) is 1. The van der Waals surface area contributed by atoms with E-state index in [2.05, 4.69) is 10.3 Å². The van der Waals surface area contributed by atoms with E-state index in [-0.39, 0.29) is 0 Å². The molecule has 0 spiro atoms. The average molecular weight is 274 g/mol. The van der Waals surface area contributed by atoms with E-state index in [1.165, 1.54) is 0 Å². The Morgan fingerprint density at radius 1 is 1.45 bits per heavy atom. The normalized spacial score (nSPS) is 12.1. The number of carboxylic acids is 1. The molecule has 5 heteroatoms. The van der Waals surface area contributed by atoms with Gasteiger partial charge in [-0.3, -0.25) is 9.78 Å². The first kappa shape index (κ1) is 14.1. The van der Waals surface area contributed by atoms with Gasteiger partial charge in [0.25, 0.3) is 0 Å². The molecular formula is C15H18N2O3. The number of ether oxygens (including phenoxy) is 1. The molecule has 0 aliphatic rings. The number of fused-ring (bicyclic) bond motifs is 1. The molecule has 0 aliphatic carbocycles. The predicted octanol–water partition coefficient (Wildman–Crippen LogP) is 2.91. The van der Waals surface area contributed by atoms with Crippen molar-refractivity contribution in [3.05, 3.63) is 30.5 Å². The molecule has 0 aliphatic heterocycles. The van der Waals surface area contributed by atoms with Crippen LogP contribution in [0.2, 0.25) is 0 Å². The Labute approximate surface area is 117 Å². The number of nitrogens with one attached hydrogen (secondary N) is 1. The zero-order chi connectivity index (χ0) is 14.5. The highest BCUT2D eigenvalue weighted by atomic mass is 16.5. The molecule has 106 valence electrons. The molecule has 0 saturated carbocycles. The van der Waals surface area contributed by atoms with Gasteiger partial charge in [-0.2, -0.15) is 0 Å². The van der Waals surface area contributed by atoms with Crippen LogP contribution >= 0.6 is 0 Å². The smallest absolute Gasteiger partial charge is 0.325 e. The summed E-state index contributed by atoms with van der Waals surface area (Å²) in [6, 6.07) is 6.76. The van der Waals surface area contributed by atoms with Gasteiger partial charge in [-0.05, 0) is 25.5 Å². The van der Waals surface area contributed by atoms with Gasteiger partial charge in [-0.15, -0.1) is 0 Å². The largest absolute Gasteiger partial charge is 0.491 e.